The van der Waals surface area contributed by atoms with E-state index in [2.05, 4.69) is 10.3 Å². The fraction of sp³-hybridized carbons (Fsp3) is 0.480. The van der Waals surface area contributed by atoms with E-state index in [-0.39, 0.29) is 5.92 Å². The molecule has 2 aliphatic heterocycles. The lowest BCUT2D eigenvalue weighted by molar-refractivity contribution is -0.260. The van der Waals surface area contributed by atoms with E-state index >= 15 is 0 Å². The number of aliphatic hydroxyl groups is 1. The molecule has 2 aromatic rings. The molecule has 2 unspecified atom stereocenters. The number of anilines is 1. The first kappa shape index (κ1) is 23.5. The molecule has 0 aromatic heterocycles. The normalized spacial score (nSPS) is 19.5. The molecule has 2 N–H and O–H groups in total. The number of aliphatic imine (C=N–C) groups is 1. The molecule has 0 bridgehead atoms. The average molecular weight is 465 g/mol. The summed E-state index contributed by atoms with van der Waals surface area (Å²) in [5, 5.41) is 13.8. The molecule has 0 saturated carbocycles. The average Bonchev–Trinajstić information content (AvgIpc) is 3.19. The zero-order valence-corrected chi connectivity index (χ0v) is 18.9. The van der Waals surface area contributed by atoms with Crippen LogP contribution in [0.4, 0.5) is 28.9 Å². The molecule has 0 aliphatic carbocycles. The van der Waals surface area contributed by atoms with Crippen molar-refractivity contribution in [2.24, 2.45) is 4.99 Å². The Morgan fingerprint density at radius 2 is 1.97 bits per heavy atom. The van der Waals surface area contributed by atoms with Gasteiger partial charge in [0.15, 0.2) is 5.60 Å². The molecule has 33 heavy (non-hydrogen) atoms. The summed E-state index contributed by atoms with van der Waals surface area (Å²) in [4.78, 5) is 4.34. The Bertz CT molecular complexity index is 1080. The van der Waals surface area contributed by atoms with Crippen LogP contribution in [0.2, 0.25) is 0 Å². The standard InChI is InChI=1S/C25H28F4N2O2/c1-15-7-9-30-19-5-4-6-20(21(15)19)31-14-24(32,25(27,28)29)13-23(2,3)18-12-17(26)11-16-8-10-33-22(16)18/h4-6,9,11-12,15,31-32H,7-8,10,13-14H2,1-3H3. The monoisotopic (exact) mass is 464 g/mol. The van der Waals surface area contributed by atoms with E-state index in [1.807, 2.05) is 13.0 Å². The lowest BCUT2D eigenvalue weighted by atomic mass is 9.74. The Balaban J connectivity index is 1.64. The minimum Gasteiger partial charge on any atom is -0.493 e. The Labute approximate surface area is 190 Å². The van der Waals surface area contributed by atoms with E-state index in [0.717, 1.165) is 5.56 Å². The highest BCUT2D eigenvalue weighted by Gasteiger charge is 2.56. The molecule has 178 valence electrons. The topological polar surface area (TPSA) is 53.9 Å². The van der Waals surface area contributed by atoms with Gasteiger partial charge in [0.25, 0.3) is 0 Å². The SMILES string of the molecule is CC1CC=Nc2cccc(NCC(O)(CC(C)(C)c3cc(F)cc4c3OCC4)C(F)(F)F)c21. The molecule has 0 amide bonds. The summed E-state index contributed by atoms with van der Waals surface area (Å²) in [5.74, 6) is -0.0206. The third-order valence-electron chi connectivity index (χ3n) is 6.58. The molecule has 2 aliphatic rings. The van der Waals surface area contributed by atoms with Crippen molar-refractivity contribution in [2.45, 2.75) is 63.1 Å². The largest absolute Gasteiger partial charge is 0.493 e. The number of hydrogen-bond acceptors (Lipinski definition) is 4. The van der Waals surface area contributed by atoms with Gasteiger partial charge in [-0.3, -0.25) is 4.99 Å². The number of nitrogens with one attached hydrogen (secondary N) is 1. The van der Waals surface area contributed by atoms with Gasteiger partial charge in [0.05, 0.1) is 18.8 Å². The number of nitrogens with zero attached hydrogens (tertiary/aromatic N) is 1. The van der Waals surface area contributed by atoms with Gasteiger partial charge in [0.1, 0.15) is 11.6 Å². The number of fused-ring (bicyclic) bond motifs is 2. The Hall–Kier alpha value is -2.61. The Morgan fingerprint density at radius 3 is 2.70 bits per heavy atom. The summed E-state index contributed by atoms with van der Waals surface area (Å²) >= 11 is 0. The molecule has 0 fully saturated rings. The van der Waals surface area contributed by atoms with Gasteiger partial charge in [-0.1, -0.05) is 26.8 Å². The summed E-state index contributed by atoms with van der Waals surface area (Å²) in [6.07, 6.45) is -2.59. The van der Waals surface area contributed by atoms with Crippen molar-refractivity contribution in [3.8, 4) is 5.75 Å². The van der Waals surface area contributed by atoms with Crippen molar-refractivity contribution in [2.75, 3.05) is 18.5 Å². The summed E-state index contributed by atoms with van der Waals surface area (Å²) in [7, 11) is 0. The molecule has 2 heterocycles. The van der Waals surface area contributed by atoms with Crippen LogP contribution in [-0.4, -0.2) is 36.3 Å². The molecule has 0 radical (unpaired) electrons. The first-order valence-electron chi connectivity index (χ1n) is 11.1. The van der Waals surface area contributed by atoms with E-state index in [1.165, 1.54) is 12.1 Å². The quantitative estimate of drug-likeness (QED) is 0.512. The molecule has 0 saturated heterocycles. The van der Waals surface area contributed by atoms with Crippen molar-refractivity contribution in [1.82, 2.24) is 0 Å². The van der Waals surface area contributed by atoms with Gasteiger partial charge in [-0.05, 0) is 48.4 Å². The molecular weight excluding hydrogens is 436 g/mol. The van der Waals surface area contributed by atoms with Crippen molar-refractivity contribution >= 4 is 17.6 Å². The summed E-state index contributed by atoms with van der Waals surface area (Å²) < 4.78 is 62.4. The van der Waals surface area contributed by atoms with E-state index in [4.69, 9.17) is 4.74 Å². The van der Waals surface area contributed by atoms with Gasteiger partial charge in [-0.25, -0.2) is 4.39 Å². The van der Waals surface area contributed by atoms with Crippen LogP contribution in [-0.2, 0) is 11.8 Å². The summed E-state index contributed by atoms with van der Waals surface area (Å²) in [5.41, 5.74) is -1.24. The fourth-order valence-corrected chi connectivity index (χ4v) is 4.87. The first-order chi connectivity index (χ1) is 15.4. The molecule has 2 aromatic carbocycles. The van der Waals surface area contributed by atoms with Crippen LogP contribution in [0.15, 0.2) is 35.3 Å². The third kappa shape index (κ3) is 4.45. The maximum Gasteiger partial charge on any atom is 0.418 e. The smallest absolute Gasteiger partial charge is 0.418 e. The van der Waals surface area contributed by atoms with Gasteiger partial charge in [-0.2, -0.15) is 13.2 Å². The van der Waals surface area contributed by atoms with E-state index < -0.39 is 36.0 Å². The van der Waals surface area contributed by atoms with Crippen LogP contribution in [0.1, 0.15) is 56.2 Å². The van der Waals surface area contributed by atoms with E-state index in [1.54, 1.807) is 32.2 Å². The molecule has 4 rings (SSSR count). The zero-order valence-electron chi connectivity index (χ0n) is 18.9. The van der Waals surface area contributed by atoms with Crippen LogP contribution in [0, 0.1) is 5.82 Å². The minimum atomic E-state index is -4.91. The second-order valence-electron chi connectivity index (χ2n) is 9.67. The highest BCUT2D eigenvalue weighted by atomic mass is 19.4. The first-order valence-corrected chi connectivity index (χ1v) is 11.1. The predicted octanol–water partition coefficient (Wildman–Crippen LogP) is 6.04. The number of alkyl halides is 3. The third-order valence-corrected chi connectivity index (χ3v) is 6.58. The molecule has 8 heteroatoms. The Kier molecular flexibility index (Phi) is 5.93. The van der Waals surface area contributed by atoms with Crippen LogP contribution in [0.25, 0.3) is 0 Å². The lowest BCUT2D eigenvalue weighted by Crippen LogP contribution is -2.53. The van der Waals surface area contributed by atoms with Gasteiger partial charge in [0.2, 0.25) is 0 Å². The second kappa shape index (κ2) is 8.31. The van der Waals surface area contributed by atoms with E-state index in [9.17, 15) is 22.7 Å². The zero-order chi connectivity index (χ0) is 24.0. The van der Waals surface area contributed by atoms with Crippen LogP contribution < -0.4 is 10.1 Å². The van der Waals surface area contributed by atoms with Gasteiger partial charge in [0, 0.05) is 35.0 Å². The number of hydrogen-bond donors (Lipinski definition) is 2. The summed E-state index contributed by atoms with van der Waals surface area (Å²) in [6, 6.07) is 7.80. The molecule has 2 atom stereocenters. The van der Waals surface area contributed by atoms with E-state index in [0.29, 0.717) is 47.7 Å². The maximum absolute atomic E-state index is 14.2. The molecule has 0 spiro atoms. The second-order valence-corrected chi connectivity index (χ2v) is 9.67. The highest BCUT2D eigenvalue weighted by molar-refractivity contribution is 5.75. The number of rotatable bonds is 6. The van der Waals surface area contributed by atoms with Crippen LogP contribution in [0.3, 0.4) is 0 Å². The van der Waals surface area contributed by atoms with Gasteiger partial charge >= 0.3 is 6.18 Å². The fourth-order valence-electron chi connectivity index (χ4n) is 4.87. The van der Waals surface area contributed by atoms with Crippen molar-refractivity contribution < 1.29 is 27.4 Å². The number of ether oxygens (including phenoxy) is 1. The number of benzene rings is 2. The number of halogens is 4. The van der Waals surface area contributed by atoms with Crippen LogP contribution >= 0.6 is 0 Å². The van der Waals surface area contributed by atoms with Crippen molar-refractivity contribution in [3.05, 3.63) is 52.8 Å². The Morgan fingerprint density at radius 1 is 1.21 bits per heavy atom. The van der Waals surface area contributed by atoms with Crippen LogP contribution in [0.5, 0.6) is 5.75 Å². The highest BCUT2D eigenvalue weighted by Crippen LogP contribution is 2.46. The maximum atomic E-state index is 14.2. The van der Waals surface area contributed by atoms with Crippen molar-refractivity contribution in [1.29, 1.82) is 0 Å². The minimum absolute atomic E-state index is 0.0867. The van der Waals surface area contributed by atoms with Gasteiger partial charge < -0.3 is 15.2 Å². The molecular formula is C25H28F4N2O2. The predicted molar refractivity (Wildman–Crippen MR) is 120 cm³/mol. The molecule has 4 nitrogen and oxygen atoms in total. The van der Waals surface area contributed by atoms with Crippen molar-refractivity contribution in [3.63, 3.8) is 0 Å². The van der Waals surface area contributed by atoms with Gasteiger partial charge in [-0.15, -0.1) is 0 Å². The summed E-state index contributed by atoms with van der Waals surface area (Å²) in [6.45, 7) is 4.74. The lowest BCUT2D eigenvalue weighted by Gasteiger charge is -2.39.